The first-order valence-corrected chi connectivity index (χ1v) is 8.93. The predicted molar refractivity (Wildman–Crippen MR) is 98.9 cm³/mol. The Morgan fingerprint density at radius 2 is 1.88 bits per heavy atom. The third kappa shape index (κ3) is 4.74. The SMILES string of the molecule is CCc1sc(C(=O)NNC(=O)c2ccc(OC)c(OCCO)c2)cc1C. The van der Waals surface area contributed by atoms with Gasteiger partial charge in [0.05, 0.1) is 18.6 Å². The van der Waals surface area contributed by atoms with Crippen LogP contribution in [0.4, 0.5) is 0 Å². The Hall–Kier alpha value is -2.58. The highest BCUT2D eigenvalue weighted by Gasteiger charge is 2.15. The van der Waals surface area contributed by atoms with Crippen LogP contribution < -0.4 is 20.3 Å². The number of hydrogen-bond acceptors (Lipinski definition) is 6. The summed E-state index contributed by atoms with van der Waals surface area (Å²) in [4.78, 5) is 26.1. The Balaban J connectivity index is 2.03. The van der Waals surface area contributed by atoms with E-state index in [4.69, 9.17) is 14.6 Å². The van der Waals surface area contributed by atoms with Crippen molar-refractivity contribution in [1.29, 1.82) is 0 Å². The molecule has 2 rings (SSSR count). The second-order valence-corrected chi connectivity index (χ2v) is 6.55. The summed E-state index contributed by atoms with van der Waals surface area (Å²) in [6.07, 6.45) is 0.860. The third-order valence-corrected chi connectivity index (χ3v) is 5.01. The molecule has 0 saturated carbocycles. The van der Waals surface area contributed by atoms with E-state index in [0.29, 0.717) is 16.4 Å². The van der Waals surface area contributed by atoms with Crippen molar-refractivity contribution in [2.45, 2.75) is 20.3 Å². The number of thiophene rings is 1. The topological polar surface area (TPSA) is 96.9 Å². The normalized spacial score (nSPS) is 10.3. The van der Waals surface area contributed by atoms with Gasteiger partial charge in [-0.3, -0.25) is 20.4 Å². The molecular formula is C18H22N2O5S. The monoisotopic (exact) mass is 378 g/mol. The molecule has 2 aromatic rings. The van der Waals surface area contributed by atoms with E-state index in [1.807, 2.05) is 13.8 Å². The summed E-state index contributed by atoms with van der Waals surface area (Å²) < 4.78 is 10.5. The number of aryl methyl sites for hydroxylation is 2. The zero-order valence-corrected chi connectivity index (χ0v) is 15.7. The highest BCUT2D eigenvalue weighted by molar-refractivity contribution is 7.14. The molecular weight excluding hydrogens is 356 g/mol. The number of hydrazine groups is 1. The van der Waals surface area contributed by atoms with Crippen molar-refractivity contribution >= 4 is 23.2 Å². The molecule has 7 nitrogen and oxygen atoms in total. The van der Waals surface area contributed by atoms with Gasteiger partial charge in [0.2, 0.25) is 0 Å². The summed E-state index contributed by atoms with van der Waals surface area (Å²) in [5, 5.41) is 8.87. The molecule has 1 heterocycles. The van der Waals surface area contributed by atoms with Crippen molar-refractivity contribution in [3.63, 3.8) is 0 Å². The van der Waals surface area contributed by atoms with Gasteiger partial charge in [0.15, 0.2) is 11.5 Å². The summed E-state index contributed by atoms with van der Waals surface area (Å²) in [5.41, 5.74) is 6.15. The molecule has 0 unspecified atom stereocenters. The van der Waals surface area contributed by atoms with E-state index >= 15 is 0 Å². The average Bonchev–Trinajstić information content (AvgIpc) is 3.04. The molecule has 0 aliphatic heterocycles. The fourth-order valence-corrected chi connectivity index (χ4v) is 3.33. The molecule has 8 heteroatoms. The number of rotatable bonds is 7. The fourth-order valence-electron chi connectivity index (χ4n) is 2.32. The molecule has 0 spiro atoms. The van der Waals surface area contributed by atoms with Crippen LogP contribution in [0.15, 0.2) is 24.3 Å². The van der Waals surface area contributed by atoms with Crippen LogP contribution in [0.25, 0.3) is 0 Å². The highest BCUT2D eigenvalue weighted by atomic mass is 32.1. The molecule has 0 aliphatic carbocycles. The average molecular weight is 378 g/mol. The van der Waals surface area contributed by atoms with E-state index in [-0.39, 0.29) is 24.7 Å². The van der Waals surface area contributed by atoms with Gasteiger partial charge in [0.1, 0.15) is 6.61 Å². The molecule has 0 atom stereocenters. The molecule has 0 radical (unpaired) electrons. The number of benzene rings is 1. The smallest absolute Gasteiger partial charge is 0.279 e. The van der Waals surface area contributed by atoms with Gasteiger partial charge in [-0.1, -0.05) is 6.92 Å². The Morgan fingerprint density at radius 3 is 2.50 bits per heavy atom. The van der Waals surface area contributed by atoms with Crippen molar-refractivity contribution in [1.82, 2.24) is 10.9 Å². The quantitative estimate of drug-likeness (QED) is 0.641. The molecule has 1 aromatic heterocycles. The zero-order chi connectivity index (χ0) is 19.1. The van der Waals surface area contributed by atoms with E-state index in [9.17, 15) is 9.59 Å². The van der Waals surface area contributed by atoms with Gasteiger partial charge in [-0.2, -0.15) is 0 Å². The maximum Gasteiger partial charge on any atom is 0.279 e. The Labute approximate surface area is 155 Å². The minimum Gasteiger partial charge on any atom is -0.493 e. The third-order valence-electron chi connectivity index (χ3n) is 3.63. The summed E-state index contributed by atoms with van der Waals surface area (Å²) >= 11 is 1.41. The summed E-state index contributed by atoms with van der Waals surface area (Å²) in [5.74, 6) is -0.0718. The molecule has 1 aromatic carbocycles. The second-order valence-electron chi connectivity index (χ2n) is 5.42. The number of amides is 2. The molecule has 0 aliphatic rings. The summed E-state index contributed by atoms with van der Waals surface area (Å²) in [7, 11) is 1.48. The van der Waals surface area contributed by atoms with Gasteiger partial charge >= 0.3 is 0 Å². The van der Waals surface area contributed by atoms with Crippen LogP contribution in [0.5, 0.6) is 11.5 Å². The standard InChI is InChI=1S/C18H22N2O5S/c1-4-15-11(2)9-16(26-15)18(23)20-19-17(22)12-5-6-13(24-3)14(10-12)25-8-7-21/h5-6,9-10,21H,4,7-8H2,1-3H3,(H,19,22)(H,20,23). The summed E-state index contributed by atoms with van der Waals surface area (Å²) in [6, 6.07) is 6.43. The van der Waals surface area contributed by atoms with Gasteiger partial charge in [-0.05, 0) is 43.2 Å². The van der Waals surface area contributed by atoms with Crippen LogP contribution in [0.3, 0.4) is 0 Å². The van der Waals surface area contributed by atoms with Crippen LogP contribution in [0.2, 0.25) is 0 Å². The molecule has 0 fully saturated rings. The maximum absolute atomic E-state index is 12.3. The molecule has 0 bridgehead atoms. The van der Waals surface area contributed by atoms with E-state index in [0.717, 1.165) is 16.9 Å². The zero-order valence-electron chi connectivity index (χ0n) is 14.9. The number of ether oxygens (including phenoxy) is 2. The maximum atomic E-state index is 12.3. The molecule has 3 N–H and O–H groups in total. The lowest BCUT2D eigenvalue weighted by Crippen LogP contribution is -2.41. The minimum atomic E-state index is -0.487. The van der Waals surface area contributed by atoms with Crippen molar-refractivity contribution in [2.24, 2.45) is 0 Å². The van der Waals surface area contributed by atoms with Crippen LogP contribution in [-0.4, -0.2) is 37.2 Å². The van der Waals surface area contributed by atoms with Gasteiger partial charge in [0, 0.05) is 10.4 Å². The molecule has 2 amide bonds. The van der Waals surface area contributed by atoms with Crippen molar-refractivity contribution in [2.75, 3.05) is 20.3 Å². The predicted octanol–water partition coefficient (Wildman–Crippen LogP) is 2.07. The largest absolute Gasteiger partial charge is 0.493 e. The fraction of sp³-hybridized carbons (Fsp3) is 0.333. The summed E-state index contributed by atoms with van der Waals surface area (Å²) in [6.45, 7) is 3.91. The number of aliphatic hydroxyl groups excluding tert-OH is 1. The second kappa shape index (κ2) is 9.21. The van der Waals surface area contributed by atoms with Crippen LogP contribution in [-0.2, 0) is 6.42 Å². The number of carbonyl (C=O) groups excluding carboxylic acids is 2. The van der Waals surface area contributed by atoms with Gasteiger partial charge in [0.25, 0.3) is 11.8 Å². The van der Waals surface area contributed by atoms with Crippen LogP contribution >= 0.6 is 11.3 Å². The first-order valence-electron chi connectivity index (χ1n) is 8.11. The number of aliphatic hydroxyl groups is 1. The first kappa shape index (κ1) is 19.7. The van der Waals surface area contributed by atoms with Gasteiger partial charge in [-0.25, -0.2) is 0 Å². The van der Waals surface area contributed by atoms with Crippen molar-refractivity contribution in [3.05, 3.63) is 45.1 Å². The molecule has 26 heavy (non-hydrogen) atoms. The van der Waals surface area contributed by atoms with Crippen molar-refractivity contribution < 1.29 is 24.2 Å². The number of methoxy groups -OCH3 is 1. The molecule has 0 saturated heterocycles. The van der Waals surface area contributed by atoms with Gasteiger partial charge in [-0.15, -0.1) is 11.3 Å². The number of nitrogens with one attached hydrogen (secondary N) is 2. The number of hydrogen-bond donors (Lipinski definition) is 3. The van der Waals surface area contributed by atoms with Crippen LogP contribution in [0, 0.1) is 6.92 Å². The van der Waals surface area contributed by atoms with E-state index in [1.165, 1.54) is 24.5 Å². The molecule has 140 valence electrons. The van der Waals surface area contributed by atoms with Crippen LogP contribution in [0.1, 0.15) is 37.4 Å². The van der Waals surface area contributed by atoms with E-state index < -0.39 is 5.91 Å². The van der Waals surface area contributed by atoms with Crippen molar-refractivity contribution in [3.8, 4) is 11.5 Å². The Morgan fingerprint density at radius 1 is 1.15 bits per heavy atom. The van der Waals surface area contributed by atoms with E-state index in [2.05, 4.69) is 10.9 Å². The Bertz CT molecular complexity index is 788. The lowest BCUT2D eigenvalue weighted by atomic mass is 10.2. The van der Waals surface area contributed by atoms with E-state index in [1.54, 1.807) is 18.2 Å². The Kier molecular flexibility index (Phi) is 6.99. The van der Waals surface area contributed by atoms with Gasteiger partial charge < -0.3 is 14.6 Å². The first-order chi connectivity index (χ1) is 12.5. The minimum absolute atomic E-state index is 0.0790. The lowest BCUT2D eigenvalue weighted by Gasteiger charge is -2.12. The highest BCUT2D eigenvalue weighted by Crippen LogP contribution is 2.28. The number of carbonyl (C=O) groups is 2. The lowest BCUT2D eigenvalue weighted by molar-refractivity contribution is 0.0848.